The summed E-state index contributed by atoms with van der Waals surface area (Å²) in [6.45, 7) is 6.47. The minimum atomic E-state index is -2.73. The van der Waals surface area contributed by atoms with Gasteiger partial charge in [-0.3, -0.25) is 9.20 Å². The molecule has 2 aliphatic rings. The van der Waals surface area contributed by atoms with Crippen LogP contribution < -0.4 is 10.1 Å². The summed E-state index contributed by atoms with van der Waals surface area (Å²) in [5.74, 6) is -0.339. The molecule has 8 nitrogen and oxygen atoms in total. The lowest BCUT2D eigenvalue weighted by atomic mass is 9.84. The molecule has 0 aromatic carbocycles. The minimum Gasteiger partial charge on any atom is -0.472 e. The predicted molar refractivity (Wildman–Crippen MR) is 116 cm³/mol. The lowest BCUT2D eigenvalue weighted by Gasteiger charge is -2.24. The SMILES string of the molecule is CC(C)Oc1nc(C(=O)Nc2cccc(C(F)F)n2)cn2cc([C@@]34CC[C@@](C)(C3)OC4)nc12. The molecule has 0 radical (unpaired) electrons. The molecular weight excluding hydrogens is 432 g/mol. The monoisotopic (exact) mass is 457 g/mol. The van der Waals surface area contributed by atoms with Crippen LogP contribution in [0.3, 0.4) is 0 Å². The van der Waals surface area contributed by atoms with Crippen molar-refractivity contribution >= 4 is 17.4 Å². The molecule has 1 N–H and O–H groups in total. The van der Waals surface area contributed by atoms with E-state index in [2.05, 4.69) is 22.2 Å². The van der Waals surface area contributed by atoms with Crippen molar-refractivity contribution in [3.63, 3.8) is 0 Å². The Morgan fingerprint density at radius 3 is 2.67 bits per heavy atom. The number of hydrogen-bond acceptors (Lipinski definition) is 6. The second kappa shape index (κ2) is 7.72. The molecule has 0 spiro atoms. The maximum Gasteiger partial charge on any atom is 0.280 e. The van der Waals surface area contributed by atoms with Crippen LogP contribution in [0.4, 0.5) is 14.6 Å². The number of fused-ring (bicyclic) bond motifs is 3. The van der Waals surface area contributed by atoms with Crippen LogP contribution in [0, 0.1) is 0 Å². The average Bonchev–Trinajstić information content (AvgIpc) is 3.44. The fourth-order valence-corrected chi connectivity index (χ4v) is 4.71. The molecular formula is C23H25F2N5O3. The standard InChI is InChI=1S/C23H25F2N5O3/c1-13(2)33-21-19-28-16(23-8-7-22(3,11-23)32-12-23)10-30(19)9-15(27-21)20(31)29-17-6-4-5-14(26-17)18(24)25/h4-6,9-10,13,18H,7-8,11-12H2,1-3H3,(H,26,29,31)/t22-,23-/m0/s1. The van der Waals surface area contributed by atoms with Crippen molar-refractivity contribution in [3.8, 4) is 5.88 Å². The number of amides is 1. The Hall–Kier alpha value is -3.14. The van der Waals surface area contributed by atoms with Crippen molar-refractivity contribution in [1.82, 2.24) is 19.4 Å². The van der Waals surface area contributed by atoms with Gasteiger partial charge in [0.2, 0.25) is 5.65 Å². The van der Waals surface area contributed by atoms with Gasteiger partial charge in [0.05, 0.1) is 24.0 Å². The van der Waals surface area contributed by atoms with E-state index >= 15 is 0 Å². The van der Waals surface area contributed by atoms with Crippen LogP contribution in [-0.2, 0) is 10.2 Å². The van der Waals surface area contributed by atoms with Gasteiger partial charge in [-0.05, 0) is 52.2 Å². The van der Waals surface area contributed by atoms with E-state index in [9.17, 15) is 13.6 Å². The van der Waals surface area contributed by atoms with Crippen molar-refractivity contribution in [1.29, 1.82) is 0 Å². The van der Waals surface area contributed by atoms with Crippen molar-refractivity contribution < 1.29 is 23.0 Å². The molecule has 1 saturated heterocycles. The van der Waals surface area contributed by atoms with Crippen molar-refractivity contribution in [2.45, 2.75) is 63.6 Å². The molecule has 1 saturated carbocycles. The summed E-state index contributed by atoms with van der Waals surface area (Å²) in [7, 11) is 0. The van der Waals surface area contributed by atoms with Crippen LogP contribution >= 0.6 is 0 Å². The maximum absolute atomic E-state index is 13.0. The highest BCUT2D eigenvalue weighted by molar-refractivity contribution is 6.02. The first-order valence-electron chi connectivity index (χ1n) is 10.9. The summed E-state index contributed by atoms with van der Waals surface area (Å²) in [6, 6.07) is 4.06. The molecule has 2 atom stereocenters. The number of nitrogens with zero attached hydrogens (tertiary/aromatic N) is 4. The number of pyridine rings is 1. The molecule has 174 valence electrons. The van der Waals surface area contributed by atoms with Crippen molar-refractivity contribution in [3.05, 3.63) is 47.7 Å². The largest absolute Gasteiger partial charge is 0.472 e. The first-order chi connectivity index (χ1) is 15.7. The highest BCUT2D eigenvalue weighted by atomic mass is 19.3. The van der Waals surface area contributed by atoms with Gasteiger partial charge in [0, 0.05) is 17.8 Å². The van der Waals surface area contributed by atoms with Gasteiger partial charge in [-0.15, -0.1) is 0 Å². The smallest absolute Gasteiger partial charge is 0.280 e. The summed E-state index contributed by atoms with van der Waals surface area (Å²) in [5.41, 5.74) is 0.781. The van der Waals surface area contributed by atoms with E-state index in [1.165, 1.54) is 18.2 Å². The zero-order valence-corrected chi connectivity index (χ0v) is 18.6. The van der Waals surface area contributed by atoms with Gasteiger partial charge >= 0.3 is 0 Å². The fraction of sp³-hybridized carbons (Fsp3) is 0.478. The Balaban J connectivity index is 1.50. The van der Waals surface area contributed by atoms with Crippen LogP contribution in [0.2, 0.25) is 0 Å². The fourth-order valence-electron chi connectivity index (χ4n) is 4.71. The molecule has 1 aliphatic heterocycles. The number of nitrogens with one attached hydrogen (secondary N) is 1. The molecule has 3 aromatic rings. The van der Waals surface area contributed by atoms with Gasteiger partial charge in [-0.25, -0.2) is 23.7 Å². The predicted octanol–water partition coefficient (Wildman–Crippen LogP) is 4.31. The van der Waals surface area contributed by atoms with Crippen LogP contribution in [-0.4, -0.2) is 43.6 Å². The van der Waals surface area contributed by atoms with Gasteiger partial charge < -0.3 is 14.8 Å². The van der Waals surface area contributed by atoms with E-state index in [4.69, 9.17) is 14.5 Å². The number of alkyl halides is 2. The normalized spacial score (nSPS) is 24.2. The van der Waals surface area contributed by atoms with E-state index in [0.29, 0.717) is 12.3 Å². The molecule has 10 heteroatoms. The lowest BCUT2D eigenvalue weighted by Crippen LogP contribution is -2.26. The number of rotatable bonds is 6. The molecule has 2 fully saturated rings. The van der Waals surface area contributed by atoms with E-state index in [1.54, 1.807) is 10.6 Å². The van der Waals surface area contributed by atoms with E-state index in [0.717, 1.165) is 25.0 Å². The number of imidazole rings is 1. The van der Waals surface area contributed by atoms with Gasteiger partial charge in [0.25, 0.3) is 18.2 Å². The van der Waals surface area contributed by atoms with Crippen LogP contribution in [0.25, 0.3) is 5.65 Å². The molecule has 2 bridgehead atoms. The molecule has 33 heavy (non-hydrogen) atoms. The van der Waals surface area contributed by atoms with Crippen molar-refractivity contribution in [2.75, 3.05) is 11.9 Å². The number of aromatic nitrogens is 4. The highest BCUT2D eigenvalue weighted by Gasteiger charge is 2.55. The Bertz CT molecular complexity index is 1220. The molecule has 4 heterocycles. The zero-order chi connectivity index (χ0) is 23.4. The summed E-state index contributed by atoms with van der Waals surface area (Å²) >= 11 is 0. The zero-order valence-electron chi connectivity index (χ0n) is 18.6. The van der Waals surface area contributed by atoms with Gasteiger partial charge in [-0.1, -0.05) is 6.07 Å². The van der Waals surface area contributed by atoms with E-state index in [-0.39, 0.29) is 34.5 Å². The summed E-state index contributed by atoms with van der Waals surface area (Å²) < 4.78 is 39.5. The Morgan fingerprint density at radius 2 is 2.03 bits per heavy atom. The third kappa shape index (κ3) is 3.92. The molecule has 1 aliphatic carbocycles. The number of carbonyl (C=O) groups is 1. The van der Waals surface area contributed by atoms with Crippen molar-refractivity contribution in [2.24, 2.45) is 0 Å². The summed E-state index contributed by atoms with van der Waals surface area (Å²) in [5, 5.41) is 2.54. The quantitative estimate of drug-likeness (QED) is 0.593. The second-order valence-corrected chi connectivity index (χ2v) is 9.35. The Labute approximate surface area is 189 Å². The number of anilines is 1. The second-order valence-electron chi connectivity index (χ2n) is 9.35. The van der Waals surface area contributed by atoms with Crippen LogP contribution in [0.15, 0.2) is 30.6 Å². The molecule has 1 amide bonds. The Kier molecular flexibility index (Phi) is 5.08. The van der Waals surface area contributed by atoms with E-state index < -0.39 is 18.0 Å². The van der Waals surface area contributed by atoms with E-state index in [1.807, 2.05) is 20.0 Å². The third-order valence-electron chi connectivity index (χ3n) is 6.31. The maximum atomic E-state index is 13.0. The number of carbonyl (C=O) groups excluding carboxylic acids is 1. The number of ether oxygens (including phenoxy) is 2. The van der Waals surface area contributed by atoms with Gasteiger partial charge in [0.1, 0.15) is 17.2 Å². The summed E-state index contributed by atoms with van der Waals surface area (Å²) in [4.78, 5) is 25.9. The van der Waals surface area contributed by atoms with Crippen LogP contribution in [0.1, 0.15) is 68.3 Å². The topological polar surface area (TPSA) is 90.6 Å². The van der Waals surface area contributed by atoms with Gasteiger partial charge in [0.15, 0.2) is 0 Å². The first-order valence-corrected chi connectivity index (χ1v) is 10.9. The molecule has 3 aromatic heterocycles. The average molecular weight is 457 g/mol. The minimum absolute atomic E-state index is 0.0181. The molecule has 5 rings (SSSR count). The van der Waals surface area contributed by atoms with Crippen LogP contribution in [0.5, 0.6) is 5.88 Å². The lowest BCUT2D eigenvalue weighted by molar-refractivity contribution is -0.00627. The van der Waals surface area contributed by atoms with Gasteiger partial charge in [-0.2, -0.15) is 0 Å². The molecule has 0 unspecified atom stereocenters. The third-order valence-corrected chi connectivity index (χ3v) is 6.31. The number of hydrogen-bond donors (Lipinski definition) is 1. The number of halogens is 2. The summed E-state index contributed by atoms with van der Waals surface area (Å²) in [6.07, 6.45) is 3.41. The first kappa shape index (κ1) is 21.7. The highest BCUT2D eigenvalue weighted by Crippen LogP contribution is 2.53. The Morgan fingerprint density at radius 1 is 1.21 bits per heavy atom.